The number of aliphatic hydroxyl groups excluding tert-OH is 1. The molecule has 1 N–H and O–H groups in total. The first-order valence-corrected chi connectivity index (χ1v) is 12.4. The van der Waals surface area contributed by atoms with Crippen molar-refractivity contribution in [3.63, 3.8) is 0 Å². The Bertz CT molecular complexity index is 1410. The molecule has 1 amide bonds. The van der Waals surface area contributed by atoms with Crippen molar-refractivity contribution in [3.05, 3.63) is 65.2 Å². The van der Waals surface area contributed by atoms with Crippen molar-refractivity contribution in [2.45, 2.75) is 38.8 Å². The number of ketones is 1. The third-order valence-electron chi connectivity index (χ3n) is 6.43. The molecule has 2 aliphatic heterocycles. The fraction of sp³-hybridized carbons (Fsp3) is 0.321. The number of carbonyl (C=O) groups is 2. The van der Waals surface area contributed by atoms with E-state index < -0.39 is 6.10 Å². The molecule has 1 aromatic heterocycles. The smallest absolute Gasteiger partial charge is 0.256 e. The van der Waals surface area contributed by atoms with E-state index in [1.165, 1.54) is 25.1 Å². The number of aliphatic hydroxyl groups is 1. The lowest BCUT2D eigenvalue weighted by Crippen LogP contribution is -2.35. The predicted molar refractivity (Wildman–Crippen MR) is 138 cm³/mol. The van der Waals surface area contributed by atoms with Gasteiger partial charge in [-0.15, -0.1) is 0 Å². The maximum Gasteiger partial charge on any atom is 0.256 e. The Labute approximate surface area is 219 Å². The molecule has 1 unspecified atom stereocenters. The number of nitrogens with zero attached hydrogens (tertiary/aromatic N) is 4. The molecule has 3 aromatic rings. The van der Waals surface area contributed by atoms with Crippen LogP contribution in [0.1, 0.15) is 46.3 Å². The number of hydrogen-bond acceptors (Lipinski definition) is 8. The number of aromatic nitrogens is 2. The van der Waals surface area contributed by atoms with E-state index in [4.69, 9.17) is 9.47 Å². The fourth-order valence-electron chi connectivity index (χ4n) is 4.58. The summed E-state index contributed by atoms with van der Waals surface area (Å²) >= 11 is 0. The molecule has 0 radical (unpaired) electrons. The van der Waals surface area contributed by atoms with Crippen LogP contribution in [-0.2, 0) is 0 Å². The van der Waals surface area contributed by atoms with Crippen molar-refractivity contribution in [1.82, 2.24) is 14.9 Å². The Morgan fingerprint density at radius 1 is 1.13 bits per heavy atom. The highest BCUT2D eigenvalue weighted by molar-refractivity contribution is 6.06. The molecule has 0 spiro atoms. The van der Waals surface area contributed by atoms with E-state index in [0.29, 0.717) is 59.4 Å². The highest BCUT2D eigenvalue weighted by Gasteiger charge is 2.36. The van der Waals surface area contributed by atoms with Crippen molar-refractivity contribution in [2.75, 3.05) is 19.8 Å². The van der Waals surface area contributed by atoms with Crippen LogP contribution in [0.25, 0.3) is 11.3 Å². The number of fused-ring (bicyclic) bond motifs is 2. The van der Waals surface area contributed by atoms with Gasteiger partial charge in [0.2, 0.25) is 5.88 Å². The van der Waals surface area contributed by atoms with E-state index in [2.05, 4.69) is 15.0 Å². The summed E-state index contributed by atoms with van der Waals surface area (Å²) in [5, 5.41) is 9.95. The number of amides is 1. The average Bonchev–Trinajstić information content (AvgIpc) is 3.21. The van der Waals surface area contributed by atoms with Gasteiger partial charge < -0.3 is 19.5 Å². The van der Waals surface area contributed by atoms with Gasteiger partial charge in [0.15, 0.2) is 5.78 Å². The van der Waals surface area contributed by atoms with Crippen molar-refractivity contribution in [3.8, 4) is 22.9 Å². The molecule has 38 heavy (non-hydrogen) atoms. The van der Waals surface area contributed by atoms with E-state index in [9.17, 15) is 19.1 Å². The molecule has 2 aliphatic rings. The number of halogens is 1. The molecule has 9 nitrogen and oxygen atoms in total. The van der Waals surface area contributed by atoms with E-state index in [-0.39, 0.29) is 36.7 Å². The Morgan fingerprint density at radius 3 is 2.66 bits per heavy atom. The van der Waals surface area contributed by atoms with Crippen LogP contribution in [0, 0.1) is 12.7 Å². The molecule has 0 bridgehead atoms. The maximum atomic E-state index is 13.3. The fourth-order valence-corrected chi connectivity index (χ4v) is 4.58. The zero-order chi connectivity index (χ0) is 26.8. The second-order valence-corrected chi connectivity index (χ2v) is 9.31. The van der Waals surface area contributed by atoms with Crippen LogP contribution in [0.15, 0.2) is 47.5 Å². The van der Waals surface area contributed by atoms with Crippen molar-refractivity contribution < 1.29 is 28.6 Å². The third-order valence-corrected chi connectivity index (χ3v) is 6.43. The van der Waals surface area contributed by atoms with E-state index >= 15 is 0 Å². The monoisotopic (exact) mass is 518 g/mol. The molecule has 1 saturated heterocycles. The first kappa shape index (κ1) is 25.5. The predicted octanol–water partition coefficient (Wildman–Crippen LogP) is 3.93. The van der Waals surface area contributed by atoms with Gasteiger partial charge in [0.1, 0.15) is 17.4 Å². The number of aryl methyl sites for hydroxylation is 1. The molecular weight excluding hydrogens is 491 g/mol. The molecule has 196 valence electrons. The Morgan fingerprint density at radius 2 is 1.89 bits per heavy atom. The summed E-state index contributed by atoms with van der Waals surface area (Å²) in [5.41, 5.74) is 2.42. The molecule has 0 saturated carbocycles. The first-order valence-electron chi connectivity index (χ1n) is 12.4. The number of carbonyl (C=O) groups excluding carboxylic acids is 2. The Balaban J connectivity index is 1.24. The summed E-state index contributed by atoms with van der Waals surface area (Å²) in [7, 11) is 0. The van der Waals surface area contributed by atoms with Crippen LogP contribution in [0.4, 0.5) is 10.1 Å². The van der Waals surface area contributed by atoms with Crippen LogP contribution in [0.3, 0.4) is 0 Å². The van der Waals surface area contributed by atoms with E-state index in [1.54, 1.807) is 42.3 Å². The zero-order valence-corrected chi connectivity index (χ0v) is 21.1. The molecule has 5 rings (SSSR count). The quantitative estimate of drug-likeness (QED) is 0.355. The topological polar surface area (TPSA) is 114 Å². The average molecular weight is 519 g/mol. The van der Waals surface area contributed by atoms with Crippen LogP contribution in [-0.4, -0.2) is 69.8 Å². The van der Waals surface area contributed by atoms with Crippen LogP contribution in [0.5, 0.6) is 11.6 Å². The first-order chi connectivity index (χ1) is 18.3. The summed E-state index contributed by atoms with van der Waals surface area (Å²) in [6, 6.07) is 10.6. The van der Waals surface area contributed by atoms with Gasteiger partial charge in [-0.05, 0) is 44.2 Å². The van der Waals surface area contributed by atoms with Crippen LogP contribution in [0.2, 0.25) is 0 Å². The molecule has 0 aliphatic carbocycles. The standard InChI is InChI=1S/C28H27FN4O5/c1-16(34)22-11-23-25(30-14-20-10-21(35)15-33(20)28(23)36)12-26(22)37-8-3-9-38-27-13-24(31-17(2)32-27)18-4-6-19(29)7-5-18/h4-7,11-14,20-21,35H,3,8-10,15H2,1-2H3/t20-,21?/m0/s1. The van der Waals surface area contributed by atoms with Gasteiger partial charge >= 0.3 is 0 Å². The van der Waals surface area contributed by atoms with Crippen LogP contribution >= 0.6 is 0 Å². The minimum Gasteiger partial charge on any atom is -0.493 e. The normalized spacial score (nSPS) is 18.1. The van der Waals surface area contributed by atoms with E-state index in [0.717, 1.165) is 5.56 Å². The molecule has 10 heteroatoms. The second-order valence-electron chi connectivity index (χ2n) is 9.31. The van der Waals surface area contributed by atoms with Gasteiger partial charge in [-0.25, -0.2) is 9.37 Å². The number of hydrogen-bond donors (Lipinski definition) is 1. The van der Waals surface area contributed by atoms with Gasteiger partial charge in [0.05, 0.1) is 47.9 Å². The molecule has 3 heterocycles. The number of aliphatic imine (C=N–C) groups is 1. The Kier molecular flexibility index (Phi) is 7.15. The third kappa shape index (κ3) is 5.40. The number of ether oxygens (including phenoxy) is 2. The lowest BCUT2D eigenvalue weighted by atomic mass is 10.0. The number of rotatable bonds is 8. The minimum atomic E-state index is -0.588. The number of benzene rings is 2. The van der Waals surface area contributed by atoms with Gasteiger partial charge in [-0.1, -0.05) is 0 Å². The highest BCUT2D eigenvalue weighted by atomic mass is 19.1. The summed E-state index contributed by atoms with van der Waals surface area (Å²) in [6.45, 7) is 3.96. The van der Waals surface area contributed by atoms with Gasteiger partial charge in [-0.2, -0.15) is 4.98 Å². The lowest BCUT2D eigenvalue weighted by Gasteiger charge is -2.20. The lowest BCUT2D eigenvalue weighted by molar-refractivity contribution is 0.0750. The summed E-state index contributed by atoms with van der Waals surface area (Å²) < 4.78 is 25.0. The highest BCUT2D eigenvalue weighted by Crippen LogP contribution is 2.34. The van der Waals surface area contributed by atoms with Gasteiger partial charge in [0.25, 0.3) is 5.91 Å². The summed E-state index contributed by atoms with van der Waals surface area (Å²) in [4.78, 5) is 40.2. The molecule has 1 fully saturated rings. The van der Waals surface area contributed by atoms with Crippen LogP contribution < -0.4 is 9.47 Å². The van der Waals surface area contributed by atoms with Crippen molar-refractivity contribution in [2.24, 2.45) is 4.99 Å². The number of Topliss-reactive ketones (excluding diaryl/α,β-unsaturated/α-hetero) is 1. The zero-order valence-electron chi connectivity index (χ0n) is 21.1. The maximum absolute atomic E-state index is 13.3. The van der Waals surface area contributed by atoms with Gasteiger partial charge in [-0.3, -0.25) is 14.6 Å². The van der Waals surface area contributed by atoms with E-state index in [1.807, 2.05) is 0 Å². The molecular formula is C28H27FN4O5. The SMILES string of the molecule is CC(=O)c1cc2c(cc1OCCCOc1cc(-c3ccc(F)cc3)nc(C)n1)N=C[C@@H]1CC(O)CN1C2=O. The Hall–Kier alpha value is -4.18. The molecule has 2 aromatic carbocycles. The second kappa shape index (κ2) is 10.7. The summed E-state index contributed by atoms with van der Waals surface area (Å²) in [6.07, 6.45) is 2.01. The van der Waals surface area contributed by atoms with Crippen molar-refractivity contribution >= 4 is 23.6 Å². The largest absolute Gasteiger partial charge is 0.493 e. The van der Waals surface area contributed by atoms with Gasteiger partial charge in [0, 0.05) is 43.3 Å². The minimum absolute atomic E-state index is 0.233. The molecule has 2 atom stereocenters. The summed E-state index contributed by atoms with van der Waals surface area (Å²) in [5.74, 6) is 0.449. The van der Waals surface area contributed by atoms with Crippen molar-refractivity contribution in [1.29, 1.82) is 0 Å².